The van der Waals surface area contributed by atoms with Crippen LogP contribution in [0.2, 0.25) is 0 Å². The molecule has 0 unspecified atom stereocenters. The first-order valence-corrected chi connectivity index (χ1v) is 2.09. The molecule has 0 amide bonds. The first-order valence-electron chi connectivity index (χ1n) is 2.09. The molecule has 0 aliphatic heterocycles. The summed E-state index contributed by atoms with van der Waals surface area (Å²) in [5.41, 5.74) is 14.3. The highest BCUT2D eigenvalue weighted by molar-refractivity contribution is 5.22. The number of hydrogen-bond donors (Lipinski definition) is 1. The lowest BCUT2D eigenvalue weighted by atomic mass is 10.3. The molecule has 0 heterocycles. The maximum atomic E-state index is 5.22. The molecule has 0 saturated heterocycles. The number of nitrogens with two attached hydrogens (primary N) is 1. The predicted molar refractivity (Wildman–Crippen MR) is 27.7 cm³/mol. The summed E-state index contributed by atoms with van der Waals surface area (Å²) >= 11 is 0. The maximum Gasteiger partial charge on any atom is 0.0265 e. The van der Waals surface area contributed by atoms with Crippen molar-refractivity contribution < 1.29 is 0 Å². The van der Waals surface area contributed by atoms with Crippen LogP contribution >= 0.6 is 0 Å². The molecule has 1 nitrogen and oxygen atoms in total. The molecular weight excluding hydrogens is 86.1 g/mol. The molecule has 1 heteroatoms. The fourth-order valence-electron chi connectivity index (χ4n) is 0.386. The van der Waals surface area contributed by atoms with Gasteiger partial charge in [0.15, 0.2) is 0 Å². The minimum Gasteiger partial charge on any atom is -0.326 e. The highest BCUT2D eigenvalue weighted by Gasteiger charge is 1.83. The van der Waals surface area contributed by atoms with Crippen molar-refractivity contribution in [3.05, 3.63) is 28.8 Å². The first-order chi connectivity index (χ1) is 3.43. The molecule has 34 valence electrons. The molecule has 1 aliphatic carbocycles. The van der Waals surface area contributed by atoms with Crippen molar-refractivity contribution in [3.8, 4) is 0 Å². The predicted octanol–water partition coefficient (Wildman–Crippen LogP) is 0.350. The van der Waals surface area contributed by atoms with Crippen molar-refractivity contribution in [2.75, 3.05) is 6.54 Å². The molecule has 1 aliphatic rings. The van der Waals surface area contributed by atoms with Crippen molar-refractivity contribution in [2.45, 2.75) is 0 Å². The van der Waals surface area contributed by atoms with E-state index in [0.717, 1.165) is 5.57 Å². The third-order valence-electron chi connectivity index (χ3n) is 0.762. The van der Waals surface area contributed by atoms with Crippen LogP contribution in [-0.4, -0.2) is 6.54 Å². The van der Waals surface area contributed by atoms with Gasteiger partial charge in [-0.2, -0.15) is 0 Å². The molecule has 0 spiro atoms. The molecular formula is C6H5N. The zero-order valence-corrected chi connectivity index (χ0v) is 3.86. The highest BCUT2D eigenvalue weighted by Crippen LogP contribution is 1.90. The van der Waals surface area contributed by atoms with E-state index in [2.05, 4.69) is 17.2 Å². The zero-order chi connectivity index (χ0) is 5.11. The van der Waals surface area contributed by atoms with E-state index in [1.165, 1.54) is 0 Å². The Bertz CT molecular complexity index is 194. The van der Waals surface area contributed by atoms with Gasteiger partial charge in [0, 0.05) is 18.2 Å². The lowest BCUT2D eigenvalue weighted by molar-refractivity contribution is 1.20. The summed E-state index contributed by atoms with van der Waals surface area (Å²) < 4.78 is 0. The Kier molecular flexibility index (Phi) is 0.997. The van der Waals surface area contributed by atoms with Crippen molar-refractivity contribution >= 4 is 0 Å². The van der Waals surface area contributed by atoms with Gasteiger partial charge in [0.05, 0.1) is 0 Å². The molecule has 7 heavy (non-hydrogen) atoms. The lowest BCUT2D eigenvalue weighted by Crippen LogP contribution is -1.98. The normalized spacial score (nSPS) is 13.0. The van der Waals surface area contributed by atoms with Gasteiger partial charge in [0.25, 0.3) is 0 Å². The average molecular weight is 91.1 g/mol. The summed E-state index contributed by atoms with van der Waals surface area (Å²) in [7, 11) is 0. The van der Waals surface area contributed by atoms with E-state index >= 15 is 0 Å². The quantitative estimate of drug-likeness (QED) is 0.463. The second-order valence-corrected chi connectivity index (χ2v) is 1.27. The molecule has 0 bridgehead atoms. The lowest BCUT2D eigenvalue weighted by Gasteiger charge is -1.80. The number of hydrogen-bond acceptors (Lipinski definition) is 1. The Morgan fingerprint density at radius 2 is 2.57 bits per heavy atom. The van der Waals surface area contributed by atoms with Crippen molar-refractivity contribution in [1.82, 2.24) is 0 Å². The van der Waals surface area contributed by atoms with Crippen LogP contribution in [-0.2, 0) is 0 Å². The van der Waals surface area contributed by atoms with Crippen molar-refractivity contribution in [1.29, 1.82) is 0 Å². The molecule has 0 aromatic carbocycles. The van der Waals surface area contributed by atoms with Gasteiger partial charge in [-0.1, -0.05) is 11.5 Å². The SMILES string of the molecule is NCC1=C=C=C=C1. The zero-order valence-electron chi connectivity index (χ0n) is 3.86. The minimum atomic E-state index is 0.542. The summed E-state index contributed by atoms with van der Waals surface area (Å²) in [5.74, 6) is 0. The molecule has 1 rings (SSSR count). The molecule has 0 radical (unpaired) electrons. The van der Waals surface area contributed by atoms with Crippen LogP contribution in [0.4, 0.5) is 0 Å². The summed E-state index contributed by atoms with van der Waals surface area (Å²) in [5, 5.41) is 0. The van der Waals surface area contributed by atoms with Crippen LogP contribution in [0, 0.1) is 0 Å². The Morgan fingerprint density at radius 3 is 2.86 bits per heavy atom. The standard InChI is InChI=1S/C6H5N/c7-5-6-3-1-2-4-6/h3H,5,7H2. The summed E-state index contributed by atoms with van der Waals surface area (Å²) in [6.07, 6.45) is 1.78. The molecule has 0 aromatic rings. The van der Waals surface area contributed by atoms with Crippen LogP contribution in [0.15, 0.2) is 28.8 Å². The van der Waals surface area contributed by atoms with Gasteiger partial charge in [-0.15, -0.1) is 0 Å². The fraction of sp³-hybridized carbons (Fsp3) is 0.167. The van der Waals surface area contributed by atoms with Gasteiger partial charge in [0.2, 0.25) is 0 Å². The van der Waals surface area contributed by atoms with Gasteiger partial charge in [-0.25, -0.2) is 0 Å². The summed E-state index contributed by atoms with van der Waals surface area (Å²) in [4.78, 5) is 0. The van der Waals surface area contributed by atoms with E-state index in [9.17, 15) is 0 Å². The minimum absolute atomic E-state index is 0.542. The van der Waals surface area contributed by atoms with E-state index in [-0.39, 0.29) is 0 Å². The Labute approximate surface area is 42.1 Å². The molecule has 0 atom stereocenters. The molecule has 0 saturated carbocycles. The van der Waals surface area contributed by atoms with E-state index in [1.807, 2.05) is 0 Å². The van der Waals surface area contributed by atoms with E-state index < -0.39 is 0 Å². The first kappa shape index (κ1) is 4.21. The van der Waals surface area contributed by atoms with Gasteiger partial charge in [-0.3, -0.25) is 0 Å². The average Bonchev–Trinajstić information content (AvgIpc) is 2.14. The van der Waals surface area contributed by atoms with Gasteiger partial charge in [-0.05, 0) is 5.73 Å². The van der Waals surface area contributed by atoms with E-state index in [1.54, 1.807) is 6.08 Å². The molecule has 2 N–H and O–H groups in total. The van der Waals surface area contributed by atoms with E-state index in [4.69, 9.17) is 5.73 Å². The van der Waals surface area contributed by atoms with Crippen LogP contribution in [0.25, 0.3) is 0 Å². The van der Waals surface area contributed by atoms with Gasteiger partial charge < -0.3 is 5.73 Å². The fourth-order valence-corrected chi connectivity index (χ4v) is 0.386. The topological polar surface area (TPSA) is 26.0 Å². The Morgan fingerprint density at radius 1 is 1.71 bits per heavy atom. The third kappa shape index (κ3) is 0.721. The third-order valence-corrected chi connectivity index (χ3v) is 0.762. The van der Waals surface area contributed by atoms with Crippen LogP contribution in [0.1, 0.15) is 0 Å². The Balaban J connectivity index is 2.86. The Hall–Kier alpha value is -0.960. The van der Waals surface area contributed by atoms with Crippen LogP contribution < -0.4 is 5.73 Å². The van der Waals surface area contributed by atoms with Crippen molar-refractivity contribution in [3.63, 3.8) is 0 Å². The largest absolute Gasteiger partial charge is 0.326 e. The monoisotopic (exact) mass is 91.0 g/mol. The second kappa shape index (κ2) is 1.66. The maximum absolute atomic E-state index is 5.22. The van der Waals surface area contributed by atoms with E-state index in [0.29, 0.717) is 6.54 Å². The summed E-state index contributed by atoms with van der Waals surface area (Å²) in [6.45, 7) is 0.542. The van der Waals surface area contributed by atoms with Gasteiger partial charge in [0.1, 0.15) is 0 Å². The van der Waals surface area contributed by atoms with Crippen LogP contribution in [0.3, 0.4) is 0 Å². The smallest absolute Gasteiger partial charge is 0.0265 e. The molecule has 0 fully saturated rings. The summed E-state index contributed by atoms with van der Waals surface area (Å²) in [6, 6.07) is 0. The second-order valence-electron chi connectivity index (χ2n) is 1.27. The van der Waals surface area contributed by atoms with Crippen molar-refractivity contribution in [2.24, 2.45) is 5.73 Å². The van der Waals surface area contributed by atoms with Gasteiger partial charge >= 0.3 is 0 Å². The molecule has 0 aromatic heterocycles. The number of rotatable bonds is 1. The van der Waals surface area contributed by atoms with Crippen LogP contribution in [0.5, 0.6) is 0 Å². The highest BCUT2D eigenvalue weighted by atomic mass is 14.5.